The van der Waals surface area contributed by atoms with Gasteiger partial charge in [-0.25, -0.2) is 0 Å². The lowest BCUT2D eigenvalue weighted by Crippen LogP contribution is -2.38. The Morgan fingerprint density at radius 3 is 2.11 bits per heavy atom. The minimum Gasteiger partial charge on any atom is -0.357 e. The van der Waals surface area contributed by atoms with Crippen molar-refractivity contribution >= 4 is 17.4 Å². The zero-order chi connectivity index (χ0) is 20.0. The molecule has 0 spiro atoms. The summed E-state index contributed by atoms with van der Waals surface area (Å²) in [5, 5.41) is 5.11. The van der Waals surface area contributed by atoms with Gasteiger partial charge in [-0.1, -0.05) is 42.5 Å². The SMILES string of the molecule is CNC(=O)C(NC(=O)/C=C(/C)c1ccc(C(F)(F)F)cc1)c1ccccc1. The topological polar surface area (TPSA) is 58.2 Å². The standard InChI is InChI=1S/C20H19F3N2O2/c1-13(14-8-10-16(11-9-14)20(21,22)23)12-17(26)25-18(19(27)24-2)15-6-4-3-5-7-15/h3-12,18H,1-2H3,(H,24,27)(H,25,26)/b13-12-. The number of allylic oxidation sites excluding steroid dienone is 1. The van der Waals surface area contributed by atoms with Crippen molar-refractivity contribution in [3.8, 4) is 0 Å². The number of carbonyl (C=O) groups excluding carboxylic acids is 2. The Labute approximate surface area is 155 Å². The molecule has 0 saturated carbocycles. The Morgan fingerprint density at radius 2 is 1.59 bits per heavy atom. The molecule has 2 amide bonds. The number of halogens is 3. The van der Waals surface area contributed by atoms with Crippen LogP contribution in [0.15, 0.2) is 60.7 Å². The van der Waals surface area contributed by atoms with E-state index in [-0.39, 0.29) is 5.91 Å². The zero-order valence-electron chi connectivity index (χ0n) is 14.8. The molecule has 0 aromatic heterocycles. The fourth-order valence-corrected chi connectivity index (χ4v) is 2.48. The molecule has 0 saturated heterocycles. The molecule has 1 unspecified atom stereocenters. The van der Waals surface area contributed by atoms with Crippen LogP contribution in [0.2, 0.25) is 0 Å². The first kappa shape index (κ1) is 20.2. The average molecular weight is 376 g/mol. The van der Waals surface area contributed by atoms with Crippen LogP contribution in [-0.4, -0.2) is 18.9 Å². The van der Waals surface area contributed by atoms with Crippen molar-refractivity contribution in [2.75, 3.05) is 7.05 Å². The third-order valence-corrected chi connectivity index (χ3v) is 3.94. The fraction of sp³-hybridized carbons (Fsp3) is 0.200. The van der Waals surface area contributed by atoms with E-state index in [4.69, 9.17) is 0 Å². The molecule has 4 nitrogen and oxygen atoms in total. The minimum atomic E-state index is -4.41. The predicted octanol–water partition coefficient (Wildman–Crippen LogP) is 3.71. The highest BCUT2D eigenvalue weighted by molar-refractivity contribution is 5.98. The summed E-state index contributed by atoms with van der Waals surface area (Å²) in [4.78, 5) is 24.4. The van der Waals surface area contributed by atoms with Gasteiger partial charge in [0.2, 0.25) is 11.8 Å². The van der Waals surface area contributed by atoms with Crippen molar-refractivity contribution in [1.29, 1.82) is 0 Å². The van der Waals surface area contributed by atoms with Crippen LogP contribution in [0.25, 0.3) is 5.57 Å². The Bertz CT molecular complexity index is 829. The van der Waals surface area contributed by atoms with Crippen molar-refractivity contribution in [2.45, 2.75) is 19.1 Å². The Morgan fingerprint density at radius 1 is 1.00 bits per heavy atom. The van der Waals surface area contributed by atoms with Gasteiger partial charge in [-0.3, -0.25) is 9.59 Å². The summed E-state index contributed by atoms with van der Waals surface area (Å²) >= 11 is 0. The number of rotatable bonds is 5. The van der Waals surface area contributed by atoms with Gasteiger partial charge in [-0.05, 0) is 35.8 Å². The molecule has 0 aliphatic heterocycles. The number of hydrogen-bond acceptors (Lipinski definition) is 2. The summed E-state index contributed by atoms with van der Waals surface area (Å²) in [5.41, 5.74) is 0.817. The molecule has 2 rings (SSSR count). The van der Waals surface area contributed by atoms with Crippen LogP contribution in [0.4, 0.5) is 13.2 Å². The van der Waals surface area contributed by atoms with Crippen LogP contribution in [-0.2, 0) is 15.8 Å². The normalized spacial score (nSPS) is 13.0. The molecule has 0 aliphatic rings. The summed E-state index contributed by atoms with van der Waals surface area (Å²) in [6.45, 7) is 1.61. The first-order chi connectivity index (χ1) is 12.7. The monoisotopic (exact) mass is 376 g/mol. The zero-order valence-corrected chi connectivity index (χ0v) is 14.8. The van der Waals surface area contributed by atoms with E-state index in [0.29, 0.717) is 16.7 Å². The second-order valence-electron chi connectivity index (χ2n) is 5.87. The number of benzene rings is 2. The van der Waals surface area contributed by atoms with E-state index in [1.807, 2.05) is 0 Å². The van der Waals surface area contributed by atoms with Gasteiger partial charge in [0.05, 0.1) is 5.56 Å². The maximum absolute atomic E-state index is 12.6. The number of alkyl halides is 3. The summed E-state index contributed by atoms with van der Waals surface area (Å²) < 4.78 is 37.9. The Kier molecular flexibility index (Phi) is 6.39. The number of amides is 2. The van der Waals surface area contributed by atoms with Crippen molar-refractivity contribution in [2.24, 2.45) is 0 Å². The number of carbonyl (C=O) groups is 2. The lowest BCUT2D eigenvalue weighted by atomic mass is 10.0. The van der Waals surface area contributed by atoms with Crippen LogP contribution in [0, 0.1) is 0 Å². The van der Waals surface area contributed by atoms with Crippen molar-refractivity contribution in [1.82, 2.24) is 10.6 Å². The molecular weight excluding hydrogens is 357 g/mol. The van der Waals surface area contributed by atoms with E-state index in [9.17, 15) is 22.8 Å². The highest BCUT2D eigenvalue weighted by atomic mass is 19.4. The maximum Gasteiger partial charge on any atom is 0.416 e. The third kappa shape index (κ3) is 5.44. The molecule has 0 fully saturated rings. The summed E-state index contributed by atoms with van der Waals surface area (Å²) in [6.07, 6.45) is -3.16. The van der Waals surface area contributed by atoms with Gasteiger partial charge < -0.3 is 10.6 Å². The van der Waals surface area contributed by atoms with Gasteiger partial charge in [0.1, 0.15) is 6.04 Å². The summed E-state index contributed by atoms with van der Waals surface area (Å²) in [6, 6.07) is 12.4. The first-order valence-electron chi connectivity index (χ1n) is 8.15. The van der Waals surface area contributed by atoms with Crippen LogP contribution >= 0.6 is 0 Å². The maximum atomic E-state index is 12.6. The van der Waals surface area contributed by atoms with E-state index in [1.54, 1.807) is 37.3 Å². The highest BCUT2D eigenvalue weighted by Gasteiger charge is 2.30. The molecule has 7 heteroatoms. The van der Waals surface area contributed by atoms with E-state index < -0.39 is 23.7 Å². The van der Waals surface area contributed by atoms with E-state index in [2.05, 4.69) is 10.6 Å². The smallest absolute Gasteiger partial charge is 0.357 e. The van der Waals surface area contributed by atoms with Crippen LogP contribution in [0.5, 0.6) is 0 Å². The molecule has 2 aromatic carbocycles. The van der Waals surface area contributed by atoms with E-state index in [1.165, 1.54) is 25.3 Å². The highest BCUT2D eigenvalue weighted by Crippen LogP contribution is 2.30. The predicted molar refractivity (Wildman–Crippen MR) is 96.5 cm³/mol. The molecule has 2 aromatic rings. The van der Waals surface area contributed by atoms with Crippen molar-refractivity contribution < 1.29 is 22.8 Å². The van der Waals surface area contributed by atoms with Gasteiger partial charge in [0.15, 0.2) is 0 Å². The van der Waals surface area contributed by atoms with Crippen LogP contribution in [0.3, 0.4) is 0 Å². The van der Waals surface area contributed by atoms with Crippen LogP contribution < -0.4 is 10.6 Å². The largest absolute Gasteiger partial charge is 0.416 e. The third-order valence-electron chi connectivity index (χ3n) is 3.94. The number of hydrogen-bond donors (Lipinski definition) is 2. The Hall–Kier alpha value is -3.09. The quantitative estimate of drug-likeness (QED) is 0.782. The molecule has 0 aliphatic carbocycles. The summed E-state index contributed by atoms with van der Waals surface area (Å²) in [5.74, 6) is -0.903. The molecular formula is C20H19F3N2O2. The molecule has 27 heavy (non-hydrogen) atoms. The van der Waals surface area contributed by atoms with Gasteiger partial charge in [-0.15, -0.1) is 0 Å². The summed E-state index contributed by atoms with van der Waals surface area (Å²) in [7, 11) is 1.47. The fourth-order valence-electron chi connectivity index (χ4n) is 2.48. The molecule has 142 valence electrons. The minimum absolute atomic E-state index is 0.380. The van der Waals surface area contributed by atoms with Crippen molar-refractivity contribution in [3.63, 3.8) is 0 Å². The number of nitrogens with one attached hydrogen (secondary N) is 2. The average Bonchev–Trinajstić information content (AvgIpc) is 2.65. The van der Waals surface area contributed by atoms with Crippen LogP contribution in [0.1, 0.15) is 29.7 Å². The van der Waals surface area contributed by atoms with Gasteiger partial charge in [0.25, 0.3) is 0 Å². The van der Waals surface area contributed by atoms with E-state index in [0.717, 1.165) is 12.1 Å². The molecule has 0 bridgehead atoms. The molecule has 2 N–H and O–H groups in total. The second kappa shape index (κ2) is 8.53. The van der Waals surface area contributed by atoms with E-state index >= 15 is 0 Å². The van der Waals surface area contributed by atoms with Gasteiger partial charge >= 0.3 is 6.18 Å². The molecule has 0 radical (unpaired) electrons. The number of likely N-dealkylation sites (N-methyl/N-ethyl adjacent to an activating group) is 1. The van der Waals surface area contributed by atoms with Gasteiger partial charge in [-0.2, -0.15) is 13.2 Å². The second-order valence-corrected chi connectivity index (χ2v) is 5.87. The Balaban J connectivity index is 2.17. The van der Waals surface area contributed by atoms with Gasteiger partial charge in [0, 0.05) is 13.1 Å². The lowest BCUT2D eigenvalue weighted by Gasteiger charge is -2.17. The first-order valence-corrected chi connectivity index (χ1v) is 8.15. The van der Waals surface area contributed by atoms with Crippen molar-refractivity contribution in [3.05, 3.63) is 77.4 Å². The molecule has 1 atom stereocenters. The lowest BCUT2D eigenvalue weighted by molar-refractivity contribution is -0.137. The molecule has 0 heterocycles.